The summed E-state index contributed by atoms with van der Waals surface area (Å²) in [6.07, 6.45) is 4.83. The Labute approximate surface area is 168 Å². The predicted octanol–water partition coefficient (Wildman–Crippen LogP) is 4.05. The smallest absolute Gasteiger partial charge is 0.289 e. The second-order valence-electron chi connectivity index (χ2n) is 7.71. The normalized spacial score (nSPS) is 20.6. The number of thioether (sulfide) groups is 1. The molecule has 3 aromatic rings. The van der Waals surface area contributed by atoms with E-state index >= 15 is 0 Å². The number of pyridine rings is 1. The number of rotatable bonds is 4. The van der Waals surface area contributed by atoms with Gasteiger partial charge in [-0.2, -0.15) is 0 Å². The van der Waals surface area contributed by atoms with E-state index in [0.717, 1.165) is 47.4 Å². The summed E-state index contributed by atoms with van der Waals surface area (Å²) in [5.74, 6) is 1.45. The topological polar surface area (TPSA) is 55.6 Å². The van der Waals surface area contributed by atoms with Crippen LogP contribution in [0.1, 0.15) is 28.1 Å². The molecule has 0 saturated carbocycles. The van der Waals surface area contributed by atoms with Gasteiger partial charge in [0, 0.05) is 42.2 Å². The Morgan fingerprint density at radius 3 is 2.96 bits per heavy atom. The minimum Gasteiger partial charge on any atom is -0.451 e. The highest BCUT2D eigenvalue weighted by atomic mass is 32.2. The zero-order valence-corrected chi connectivity index (χ0v) is 16.6. The number of para-hydroxylation sites is 1. The summed E-state index contributed by atoms with van der Waals surface area (Å²) < 4.78 is 12.1. The van der Waals surface area contributed by atoms with Crippen LogP contribution < -0.4 is 0 Å². The molecule has 0 unspecified atom stereocenters. The second kappa shape index (κ2) is 6.94. The molecule has 1 atom stereocenters. The first-order valence-corrected chi connectivity index (χ1v) is 10.5. The van der Waals surface area contributed by atoms with Crippen molar-refractivity contribution in [2.75, 3.05) is 18.8 Å². The van der Waals surface area contributed by atoms with E-state index in [-0.39, 0.29) is 16.8 Å². The highest BCUT2D eigenvalue weighted by Gasteiger charge is 2.51. The van der Waals surface area contributed by atoms with Crippen molar-refractivity contribution < 1.29 is 13.9 Å². The third-order valence-electron chi connectivity index (χ3n) is 5.67. The van der Waals surface area contributed by atoms with E-state index < -0.39 is 0 Å². The third kappa shape index (κ3) is 3.10. The maximum absolute atomic E-state index is 12.9. The molecule has 0 N–H and O–H groups in total. The molecule has 2 aliphatic heterocycles. The van der Waals surface area contributed by atoms with Crippen molar-refractivity contribution in [3.8, 4) is 0 Å². The summed E-state index contributed by atoms with van der Waals surface area (Å²) in [6, 6.07) is 11.8. The quantitative estimate of drug-likeness (QED) is 0.668. The fourth-order valence-corrected chi connectivity index (χ4v) is 5.69. The predicted molar refractivity (Wildman–Crippen MR) is 109 cm³/mol. The third-order valence-corrected chi connectivity index (χ3v) is 7.24. The molecular formula is C22H22N2O3S. The first kappa shape index (κ1) is 17.8. The zero-order chi connectivity index (χ0) is 19.1. The Morgan fingerprint density at radius 1 is 1.32 bits per heavy atom. The maximum Gasteiger partial charge on any atom is 0.289 e. The van der Waals surface area contributed by atoms with Crippen LogP contribution in [0.5, 0.6) is 0 Å². The molecular weight excluding hydrogens is 372 g/mol. The number of carbonyl (C=O) groups excluding carboxylic acids is 1. The van der Waals surface area contributed by atoms with Crippen molar-refractivity contribution in [3.05, 3.63) is 65.7 Å². The number of ether oxygens (including phenoxy) is 1. The molecule has 0 bridgehead atoms. The van der Waals surface area contributed by atoms with Crippen LogP contribution in [0.2, 0.25) is 0 Å². The van der Waals surface area contributed by atoms with Gasteiger partial charge in [0.15, 0.2) is 5.76 Å². The summed E-state index contributed by atoms with van der Waals surface area (Å²) >= 11 is 1.94. The number of hydrogen-bond acceptors (Lipinski definition) is 5. The summed E-state index contributed by atoms with van der Waals surface area (Å²) in [6.45, 7) is 4.08. The number of carbonyl (C=O) groups is 1. The number of nitrogens with zero attached hydrogens (tertiary/aromatic N) is 2. The van der Waals surface area contributed by atoms with Crippen molar-refractivity contribution in [1.29, 1.82) is 0 Å². The fourth-order valence-electron chi connectivity index (χ4n) is 4.14. The Morgan fingerprint density at radius 2 is 2.18 bits per heavy atom. The van der Waals surface area contributed by atoms with E-state index in [4.69, 9.17) is 9.15 Å². The molecule has 2 aromatic heterocycles. The van der Waals surface area contributed by atoms with Gasteiger partial charge in [-0.05, 0) is 31.0 Å². The van der Waals surface area contributed by atoms with Gasteiger partial charge in [-0.3, -0.25) is 9.78 Å². The molecule has 5 rings (SSSR count). The van der Waals surface area contributed by atoms with E-state index in [9.17, 15) is 4.79 Å². The molecule has 1 aromatic carbocycles. The van der Waals surface area contributed by atoms with Gasteiger partial charge < -0.3 is 14.1 Å². The van der Waals surface area contributed by atoms with Crippen molar-refractivity contribution >= 4 is 28.6 Å². The number of benzene rings is 1. The van der Waals surface area contributed by atoms with Crippen molar-refractivity contribution in [3.63, 3.8) is 0 Å². The zero-order valence-electron chi connectivity index (χ0n) is 15.8. The average molecular weight is 394 g/mol. The van der Waals surface area contributed by atoms with Gasteiger partial charge in [-0.25, -0.2) is 0 Å². The fraction of sp³-hybridized carbons (Fsp3) is 0.364. The van der Waals surface area contributed by atoms with Crippen LogP contribution in [0, 0.1) is 6.92 Å². The molecule has 1 spiro atoms. The molecule has 28 heavy (non-hydrogen) atoms. The van der Waals surface area contributed by atoms with Crippen LogP contribution in [0.3, 0.4) is 0 Å². The number of aryl methyl sites for hydroxylation is 1. The van der Waals surface area contributed by atoms with Crippen LogP contribution in [-0.2, 0) is 11.3 Å². The van der Waals surface area contributed by atoms with Gasteiger partial charge in [-0.15, -0.1) is 11.8 Å². The number of amides is 1. The Bertz CT molecular complexity index is 1010. The molecule has 4 heterocycles. The molecule has 2 fully saturated rings. The number of fused-ring (bicyclic) bond motifs is 1. The molecule has 2 aliphatic rings. The van der Waals surface area contributed by atoms with Crippen LogP contribution in [-0.4, -0.2) is 45.5 Å². The highest BCUT2D eigenvalue weighted by Crippen LogP contribution is 2.46. The Kier molecular flexibility index (Phi) is 4.40. The minimum absolute atomic E-state index is 0.000321. The number of likely N-dealkylation sites (tertiary alicyclic amines) is 1. The molecule has 144 valence electrons. The van der Waals surface area contributed by atoms with E-state index in [1.54, 1.807) is 6.20 Å². The van der Waals surface area contributed by atoms with Gasteiger partial charge in [0.05, 0.1) is 17.5 Å². The molecule has 1 amide bonds. The highest BCUT2D eigenvalue weighted by molar-refractivity contribution is 8.01. The lowest BCUT2D eigenvalue weighted by Crippen LogP contribution is -2.60. The Balaban J connectivity index is 1.20. The van der Waals surface area contributed by atoms with Crippen molar-refractivity contribution in [1.82, 2.24) is 9.88 Å². The lowest BCUT2D eigenvalue weighted by Gasteiger charge is -2.47. The SMILES string of the molecule is Cc1c(C(=O)N2CC3(C[C@H](OCc4cccnc4)CS3)C2)oc2ccccc12. The van der Waals surface area contributed by atoms with E-state index in [0.29, 0.717) is 12.4 Å². The van der Waals surface area contributed by atoms with Gasteiger partial charge in [-0.1, -0.05) is 24.3 Å². The van der Waals surface area contributed by atoms with Crippen LogP contribution in [0.25, 0.3) is 11.0 Å². The van der Waals surface area contributed by atoms with Gasteiger partial charge in [0.2, 0.25) is 0 Å². The minimum atomic E-state index is -0.000321. The molecule has 0 aliphatic carbocycles. The van der Waals surface area contributed by atoms with Gasteiger partial charge in [0.1, 0.15) is 5.58 Å². The lowest BCUT2D eigenvalue weighted by atomic mass is 9.92. The maximum atomic E-state index is 12.9. The number of furan rings is 1. The summed E-state index contributed by atoms with van der Waals surface area (Å²) in [5, 5.41) is 1.01. The van der Waals surface area contributed by atoms with Gasteiger partial charge >= 0.3 is 0 Å². The lowest BCUT2D eigenvalue weighted by molar-refractivity contribution is 0.0243. The van der Waals surface area contributed by atoms with E-state index in [2.05, 4.69) is 4.98 Å². The van der Waals surface area contributed by atoms with Crippen molar-refractivity contribution in [2.24, 2.45) is 0 Å². The van der Waals surface area contributed by atoms with Gasteiger partial charge in [0.25, 0.3) is 5.91 Å². The first-order valence-electron chi connectivity index (χ1n) is 9.55. The number of aromatic nitrogens is 1. The Hall–Kier alpha value is -2.31. The molecule has 2 saturated heterocycles. The summed E-state index contributed by atoms with van der Waals surface area (Å²) in [5.41, 5.74) is 2.80. The largest absolute Gasteiger partial charge is 0.451 e. The molecule has 5 nitrogen and oxygen atoms in total. The molecule has 6 heteroatoms. The summed E-state index contributed by atoms with van der Waals surface area (Å²) in [4.78, 5) is 19.0. The van der Waals surface area contributed by atoms with Crippen LogP contribution in [0.4, 0.5) is 0 Å². The van der Waals surface area contributed by atoms with E-state index in [1.165, 1.54) is 0 Å². The molecule has 0 radical (unpaired) electrons. The summed E-state index contributed by atoms with van der Waals surface area (Å²) in [7, 11) is 0. The average Bonchev–Trinajstić information content (AvgIpc) is 3.28. The first-order chi connectivity index (χ1) is 13.6. The van der Waals surface area contributed by atoms with Crippen LogP contribution >= 0.6 is 11.8 Å². The standard InChI is InChI=1S/C22H22N2O3S/c1-15-18-6-2-3-7-19(18)27-20(15)21(25)24-13-22(14-24)9-17(12-28-22)26-11-16-5-4-8-23-10-16/h2-8,10,17H,9,11-14H2,1H3/t17-/m0/s1. The van der Waals surface area contributed by atoms with E-state index in [1.807, 2.05) is 66.2 Å². The number of hydrogen-bond donors (Lipinski definition) is 0. The van der Waals surface area contributed by atoms with Crippen LogP contribution in [0.15, 0.2) is 53.2 Å². The monoisotopic (exact) mass is 394 g/mol. The van der Waals surface area contributed by atoms with Crippen molar-refractivity contribution in [2.45, 2.75) is 30.8 Å². The second-order valence-corrected chi connectivity index (χ2v) is 9.19.